The molecule has 0 bridgehead atoms. The molecule has 3 heteroatoms. The lowest BCUT2D eigenvalue weighted by Gasteiger charge is -1.96. The summed E-state index contributed by atoms with van der Waals surface area (Å²) in [6.07, 6.45) is 0. The standard InChI is InChI=1S/C6H3B2Cl/c7-4-1-5(8)3-6(9)2-4/h1-3H. The van der Waals surface area contributed by atoms with Gasteiger partial charge in [0.15, 0.2) is 0 Å². The molecule has 0 aromatic heterocycles. The SMILES string of the molecule is [B]c1cc([B])cc(Cl)c1. The van der Waals surface area contributed by atoms with Gasteiger partial charge in [-0.3, -0.25) is 0 Å². The van der Waals surface area contributed by atoms with E-state index in [9.17, 15) is 0 Å². The Morgan fingerprint density at radius 2 is 1.44 bits per heavy atom. The highest BCUT2D eigenvalue weighted by Gasteiger charge is 1.88. The predicted molar refractivity (Wildman–Crippen MR) is 42.2 cm³/mol. The van der Waals surface area contributed by atoms with Crippen LogP contribution in [-0.2, 0) is 0 Å². The Kier molecular flexibility index (Phi) is 1.87. The molecule has 0 aliphatic heterocycles. The van der Waals surface area contributed by atoms with E-state index in [0.29, 0.717) is 15.9 Å². The van der Waals surface area contributed by atoms with Gasteiger partial charge in [0.05, 0.1) is 0 Å². The molecular formula is C6H3B2Cl. The summed E-state index contributed by atoms with van der Waals surface area (Å²) >= 11 is 5.59. The van der Waals surface area contributed by atoms with Crippen molar-refractivity contribution in [1.29, 1.82) is 0 Å². The van der Waals surface area contributed by atoms with Gasteiger partial charge in [-0.15, -0.1) is 0 Å². The van der Waals surface area contributed by atoms with Crippen molar-refractivity contribution in [2.75, 3.05) is 0 Å². The van der Waals surface area contributed by atoms with Crippen molar-refractivity contribution in [3.63, 3.8) is 0 Å². The average Bonchev–Trinajstić information content (AvgIpc) is 1.59. The molecule has 1 aromatic carbocycles. The number of hydrogen-bond acceptors (Lipinski definition) is 0. The molecule has 0 aliphatic carbocycles. The lowest BCUT2D eigenvalue weighted by atomic mass is 9.88. The summed E-state index contributed by atoms with van der Waals surface area (Å²) in [6, 6.07) is 4.96. The van der Waals surface area contributed by atoms with Gasteiger partial charge in [0.25, 0.3) is 0 Å². The first kappa shape index (κ1) is 6.76. The molecule has 0 spiro atoms. The maximum atomic E-state index is 5.59. The third kappa shape index (κ3) is 1.79. The molecule has 1 aromatic rings. The maximum absolute atomic E-state index is 5.59. The molecule has 0 fully saturated rings. The van der Waals surface area contributed by atoms with Crippen molar-refractivity contribution in [3.05, 3.63) is 23.2 Å². The smallest absolute Gasteiger partial charge is 0.0958 e. The number of halogens is 1. The molecule has 0 amide bonds. The Bertz CT molecular complexity index is 172. The number of hydrogen-bond donors (Lipinski definition) is 0. The van der Waals surface area contributed by atoms with Crippen LogP contribution in [0.4, 0.5) is 0 Å². The molecule has 1 rings (SSSR count). The fourth-order valence-corrected chi connectivity index (χ4v) is 0.888. The maximum Gasteiger partial charge on any atom is 0.113 e. The summed E-state index contributed by atoms with van der Waals surface area (Å²) in [6.45, 7) is 0. The first-order valence-corrected chi connectivity index (χ1v) is 2.88. The lowest BCUT2D eigenvalue weighted by molar-refractivity contribution is 1.83. The van der Waals surface area contributed by atoms with Gasteiger partial charge < -0.3 is 0 Å². The van der Waals surface area contributed by atoms with Crippen molar-refractivity contribution >= 4 is 38.2 Å². The number of benzene rings is 1. The van der Waals surface area contributed by atoms with Crippen molar-refractivity contribution in [3.8, 4) is 0 Å². The molecule has 0 aliphatic rings. The van der Waals surface area contributed by atoms with Crippen molar-refractivity contribution in [2.45, 2.75) is 0 Å². The van der Waals surface area contributed by atoms with E-state index in [1.54, 1.807) is 18.2 Å². The van der Waals surface area contributed by atoms with Gasteiger partial charge >= 0.3 is 0 Å². The second-order valence-corrected chi connectivity index (χ2v) is 2.25. The van der Waals surface area contributed by atoms with E-state index in [0.717, 1.165) is 0 Å². The molecule has 0 saturated carbocycles. The van der Waals surface area contributed by atoms with Crippen LogP contribution < -0.4 is 10.9 Å². The summed E-state index contributed by atoms with van der Waals surface area (Å²) in [5.74, 6) is 0. The molecule has 40 valence electrons. The van der Waals surface area contributed by atoms with Gasteiger partial charge in [-0.2, -0.15) is 0 Å². The molecule has 9 heavy (non-hydrogen) atoms. The molecule has 4 radical (unpaired) electrons. The zero-order valence-electron chi connectivity index (χ0n) is 4.76. The Labute approximate surface area is 62.0 Å². The Morgan fingerprint density at radius 1 is 1.00 bits per heavy atom. The van der Waals surface area contributed by atoms with E-state index >= 15 is 0 Å². The summed E-state index contributed by atoms with van der Waals surface area (Å²) < 4.78 is 0. The molecule has 0 N–H and O–H groups in total. The lowest BCUT2D eigenvalue weighted by Crippen LogP contribution is -2.12. The molecule has 0 nitrogen and oxygen atoms in total. The minimum absolute atomic E-state index is 0.576. The van der Waals surface area contributed by atoms with Crippen LogP contribution in [0, 0.1) is 0 Å². The van der Waals surface area contributed by atoms with Crippen LogP contribution in [0.5, 0.6) is 0 Å². The second-order valence-electron chi connectivity index (χ2n) is 1.82. The van der Waals surface area contributed by atoms with Crippen LogP contribution in [-0.4, -0.2) is 15.7 Å². The highest BCUT2D eigenvalue weighted by molar-refractivity contribution is 6.41. The topological polar surface area (TPSA) is 0 Å². The molecular weight excluding hydrogens is 129 g/mol. The van der Waals surface area contributed by atoms with Crippen molar-refractivity contribution in [2.24, 2.45) is 0 Å². The monoisotopic (exact) mass is 132 g/mol. The van der Waals surface area contributed by atoms with Crippen LogP contribution in [0.15, 0.2) is 18.2 Å². The summed E-state index contributed by atoms with van der Waals surface area (Å²) in [7, 11) is 10.8. The Hall–Kier alpha value is -0.360. The van der Waals surface area contributed by atoms with Gasteiger partial charge in [0.2, 0.25) is 0 Å². The minimum Gasteiger partial charge on any atom is -0.0958 e. The van der Waals surface area contributed by atoms with Crippen molar-refractivity contribution in [1.82, 2.24) is 0 Å². The Balaban J connectivity index is 3.17. The molecule has 0 atom stereocenters. The van der Waals surface area contributed by atoms with Crippen LogP contribution in [0.2, 0.25) is 5.02 Å². The first-order valence-electron chi connectivity index (χ1n) is 2.50. The van der Waals surface area contributed by atoms with Crippen LogP contribution >= 0.6 is 11.6 Å². The van der Waals surface area contributed by atoms with Crippen LogP contribution in [0.3, 0.4) is 0 Å². The number of rotatable bonds is 0. The molecule has 0 unspecified atom stereocenters. The fourth-order valence-electron chi connectivity index (χ4n) is 0.636. The predicted octanol–water partition coefficient (Wildman–Crippen LogP) is -0.0724. The van der Waals surface area contributed by atoms with Gasteiger partial charge in [-0.25, -0.2) is 0 Å². The average molecular weight is 132 g/mol. The summed E-state index contributed by atoms with van der Waals surface area (Å²) in [4.78, 5) is 0. The fraction of sp³-hybridized carbons (Fsp3) is 0. The van der Waals surface area contributed by atoms with E-state index in [4.69, 9.17) is 27.3 Å². The largest absolute Gasteiger partial charge is 0.113 e. The minimum atomic E-state index is 0.576. The third-order valence-electron chi connectivity index (χ3n) is 0.942. The van der Waals surface area contributed by atoms with Crippen molar-refractivity contribution < 1.29 is 0 Å². The molecule has 0 heterocycles. The third-order valence-corrected chi connectivity index (χ3v) is 1.16. The zero-order valence-corrected chi connectivity index (χ0v) is 5.52. The van der Waals surface area contributed by atoms with E-state index in [1.807, 2.05) is 0 Å². The van der Waals surface area contributed by atoms with Gasteiger partial charge in [-0.1, -0.05) is 40.7 Å². The van der Waals surface area contributed by atoms with Crippen LogP contribution in [0.1, 0.15) is 0 Å². The zero-order chi connectivity index (χ0) is 6.85. The van der Waals surface area contributed by atoms with E-state index in [1.165, 1.54) is 0 Å². The normalized spacial score (nSPS) is 9.44. The van der Waals surface area contributed by atoms with Crippen LogP contribution in [0.25, 0.3) is 0 Å². The molecule has 0 saturated heterocycles. The first-order chi connectivity index (χ1) is 4.18. The quantitative estimate of drug-likeness (QED) is 0.433. The van der Waals surface area contributed by atoms with E-state index in [-0.39, 0.29) is 0 Å². The highest BCUT2D eigenvalue weighted by atomic mass is 35.5. The van der Waals surface area contributed by atoms with E-state index in [2.05, 4.69) is 0 Å². The van der Waals surface area contributed by atoms with Gasteiger partial charge in [-0.05, 0) is 0 Å². The van der Waals surface area contributed by atoms with Gasteiger partial charge in [0.1, 0.15) is 15.7 Å². The van der Waals surface area contributed by atoms with Gasteiger partial charge in [0, 0.05) is 5.02 Å². The highest BCUT2D eigenvalue weighted by Crippen LogP contribution is 2.00. The second kappa shape index (κ2) is 2.49. The van der Waals surface area contributed by atoms with E-state index < -0.39 is 0 Å². The Morgan fingerprint density at radius 3 is 1.78 bits per heavy atom. The summed E-state index contributed by atoms with van der Waals surface area (Å²) in [5.41, 5.74) is 1.19. The summed E-state index contributed by atoms with van der Waals surface area (Å²) in [5, 5.41) is 0.576.